The van der Waals surface area contributed by atoms with Gasteiger partial charge in [-0.1, -0.05) is 5.16 Å². The first-order valence-corrected chi connectivity index (χ1v) is 5.45. The zero-order chi connectivity index (χ0) is 11.8. The third-order valence-corrected chi connectivity index (χ3v) is 2.95. The lowest BCUT2D eigenvalue weighted by Gasteiger charge is -1.97. The first-order chi connectivity index (χ1) is 8.25. The van der Waals surface area contributed by atoms with Gasteiger partial charge in [-0.25, -0.2) is 0 Å². The van der Waals surface area contributed by atoms with Gasteiger partial charge in [-0.15, -0.1) is 0 Å². The maximum absolute atomic E-state index is 5.85. The molecule has 7 heteroatoms. The van der Waals surface area contributed by atoms with Crippen LogP contribution >= 0.6 is 0 Å². The molecule has 2 aromatic heterocycles. The molecular formula is C10H13N5O2. The summed E-state index contributed by atoms with van der Waals surface area (Å²) in [6.45, 7) is 1.41. The molecule has 17 heavy (non-hydrogen) atoms. The minimum atomic E-state index is 0.227. The number of anilines is 1. The molecule has 0 aromatic carbocycles. The number of ether oxygens (including phenoxy) is 1. The number of hydrogen-bond acceptors (Lipinski definition) is 6. The van der Waals surface area contributed by atoms with Crippen molar-refractivity contribution in [3.8, 4) is 11.5 Å². The van der Waals surface area contributed by atoms with Gasteiger partial charge in [-0.3, -0.25) is 4.68 Å². The van der Waals surface area contributed by atoms with Crippen LogP contribution < -0.4 is 5.73 Å². The smallest absolute Gasteiger partial charge is 0.263 e. The summed E-state index contributed by atoms with van der Waals surface area (Å²) >= 11 is 0. The van der Waals surface area contributed by atoms with Crippen molar-refractivity contribution < 1.29 is 9.26 Å². The number of nitrogens with two attached hydrogens (primary N) is 1. The molecular weight excluding hydrogens is 222 g/mol. The molecule has 1 fully saturated rings. The Kier molecular flexibility index (Phi) is 2.32. The van der Waals surface area contributed by atoms with E-state index < -0.39 is 0 Å². The molecule has 0 amide bonds. The van der Waals surface area contributed by atoms with Crippen LogP contribution in [0.3, 0.4) is 0 Å². The number of aromatic nitrogens is 4. The fraction of sp³-hybridized carbons (Fsp3) is 0.500. The Morgan fingerprint density at radius 2 is 2.41 bits per heavy atom. The average Bonchev–Trinajstić information content (AvgIpc) is 3.01. The Bertz CT molecular complexity index is 527. The summed E-state index contributed by atoms with van der Waals surface area (Å²) in [5, 5.41) is 8.00. The number of rotatable bonds is 2. The van der Waals surface area contributed by atoms with Gasteiger partial charge in [0, 0.05) is 19.6 Å². The average molecular weight is 235 g/mol. The SMILES string of the molecule is Cn1ncc(-c2nc(C3CCOC3)no2)c1N. The van der Waals surface area contributed by atoms with E-state index >= 15 is 0 Å². The Hall–Kier alpha value is -1.89. The van der Waals surface area contributed by atoms with Crippen LogP contribution in [0, 0.1) is 0 Å². The van der Waals surface area contributed by atoms with Crippen LogP contribution in [0.2, 0.25) is 0 Å². The standard InChI is InChI=1S/C10H13N5O2/c1-15-8(11)7(4-12-15)10-13-9(14-17-10)6-2-3-16-5-6/h4,6H,2-3,5,11H2,1H3. The molecule has 2 aromatic rings. The molecule has 0 radical (unpaired) electrons. The lowest BCUT2D eigenvalue weighted by atomic mass is 10.1. The summed E-state index contributed by atoms with van der Waals surface area (Å²) in [6.07, 6.45) is 2.55. The maximum atomic E-state index is 5.85. The number of hydrogen-bond donors (Lipinski definition) is 1. The van der Waals surface area contributed by atoms with Gasteiger partial charge in [0.25, 0.3) is 5.89 Å². The second-order valence-corrected chi connectivity index (χ2v) is 4.09. The first-order valence-electron chi connectivity index (χ1n) is 5.45. The van der Waals surface area contributed by atoms with Crippen LogP contribution in [0.1, 0.15) is 18.2 Å². The van der Waals surface area contributed by atoms with Crippen molar-refractivity contribution in [2.45, 2.75) is 12.3 Å². The van der Waals surface area contributed by atoms with Crippen molar-refractivity contribution in [2.24, 2.45) is 7.05 Å². The van der Waals surface area contributed by atoms with Gasteiger partial charge < -0.3 is 15.0 Å². The molecule has 1 aliphatic rings. The van der Waals surface area contributed by atoms with E-state index in [2.05, 4.69) is 15.2 Å². The summed E-state index contributed by atoms with van der Waals surface area (Å²) in [4.78, 5) is 4.35. The maximum Gasteiger partial charge on any atom is 0.263 e. The molecule has 0 spiro atoms. The summed E-state index contributed by atoms with van der Waals surface area (Å²) in [5.74, 6) is 1.84. The quantitative estimate of drug-likeness (QED) is 0.817. The Morgan fingerprint density at radius 3 is 3.06 bits per heavy atom. The van der Waals surface area contributed by atoms with Crippen molar-refractivity contribution in [3.63, 3.8) is 0 Å². The molecule has 90 valence electrons. The van der Waals surface area contributed by atoms with Gasteiger partial charge in [0.2, 0.25) is 0 Å². The highest BCUT2D eigenvalue weighted by atomic mass is 16.5. The van der Waals surface area contributed by atoms with E-state index in [-0.39, 0.29) is 5.92 Å². The Morgan fingerprint density at radius 1 is 1.53 bits per heavy atom. The molecule has 7 nitrogen and oxygen atoms in total. The van der Waals surface area contributed by atoms with Crippen molar-refractivity contribution in [3.05, 3.63) is 12.0 Å². The molecule has 1 unspecified atom stereocenters. The molecule has 1 saturated heterocycles. The number of nitrogen functional groups attached to an aromatic ring is 1. The second kappa shape index (κ2) is 3.85. The highest BCUT2D eigenvalue weighted by Gasteiger charge is 2.24. The van der Waals surface area contributed by atoms with Crippen LogP contribution in [0.4, 0.5) is 5.82 Å². The van der Waals surface area contributed by atoms with Gasteiger partial charge in [-0.05, 0) is 6.42 Å². The Balaban J connectivity index is 1.91. The van der Waals surface area contributed by atoms with Crippen molar-refractivity contribution in [1.29, 1.82) is 0 Å². The summed E-state index contributed by atoms with van der Waals surface area (Å²) in [6, 6.07) is 0. The van der Waals surface area contributed by atoms with Gasteiger partial charge in [-0.2, -0.15) is 10.1 Å². The molecule has 2 N–H and O–H groups in total. The summed E-state index contributed by atoms with van der Waals surface area (Å²) in [7, 11) is 1.76. The molecule has 1 atom stereocenters. The lowest BCUT2D eigenvalue weighted by Crippen LogP contribution is -2.00. The second-order valence-electron chi connectivity index (χ2n) is 4.09. The number of aryl methyl sites for hydroxylation is 1. The van der Waals surface area contributed by atoms with Crippen molar-refractivity contribution >= 4 is 5.82 Å². The van der Waals surface area contributed by atoms with E-state index in [9.17, 15) is 0 Å². The molecule has 0 bridgehead atoms. The van der Waals surface area contributed by atoms with E-state index in [1.807, 2.05) is 0 Å². The summed E-state index contributed by atoms with van der Waals surface area (Å²) < 4.78 is 12.1. The predicted molar refractivity (Wildman–Crippen MR) is 59.1 cm³/mol. The summed E-state index contributed by atoms with van der Waals surface area (Å²) in [5.41, 5.74) is 6.52. The zero-order valence-corrected chi connectivity index (χ0v) is 9.46. The molecule has 3 rings (SSSR count). The van der Waals surface area contributed by atoms with Crippen LogP contribution in [0.15, 0.2) is 10.7 Å². The topological polar surface area (TPSA) is 92.0 Å². The van der Waals surface area contributed by atoms with E-state index in [1.54, 1.807) is 17.9 Å². The van der Waals surface area contributed by atoms with Gasteiger partial charge >= 0.3 is 0 Å². The monoisotopic (exact) mass is 235 g/mol. The zero-order valence-electron chi connectivity index (χ0n) is 9.46. The predicted octanol–water partition coefficient (Wildman–Crippen LogP) is 0.556. The van der Waals surface area contributed by atoms with Gasteiger partial charge in [0.05, 0.1) is 12.8 Å². The van der Waals surface area contributed by atoms with Crippen molar-refractivity contribution in [2.75, 3.05) is 18.9 Å². The Labute approximate surface area is 97.6 Å². The normalized spacial score (nSPS) is 19.9. The first kappa shape index (κ1) is 10.3. The molecule has 1 aliphatic heterocycles. The third-order valence-electron chi connectivity index (χ3n) is 2.95. The van der Waals surface area contributed by atoms with E-state index in [1.165, 1.54) is 0 Å². The van der Waals surface area contributed by atoms with Crippen molar-refractivity contribution in [1.82, 2.24) is 19.9 Å². The fourth-order valence-corrected chi connectivity index (χ4v) is 1.86. The van der Waals surface area contributed by atoms with Crippen LogP contribution in [-0.4, -0.2) is 33.1 Å². The molecule has 0 aliphatic carbocycles. The minimum Gasteiger partial charge on any atom is -0.383 e. The highest BCUT2D eigenvalue weighted by Crippen LogP contribution is 2.27. The highest BCUT2D eigenvalue weighted by molar-refractivity contribution is 5.66. The van der Waals surface area contributed by atoms with Crippen LogP contribution in [-0.2, 0) is 11.8 Å². The number of nitrogens with zero attached hydrogens (tertiary/aromatic N) is 4. The van der Waals surface area contributed by atoms with E-state index in [0.717, 1.165) is 13.0 Å². The van der Waals surface area contributed by atoms with Gasteiger partial charge in [0.15, 0.2) is 5.82 Å². The third kappa shape index (κ3) is 1.68. The molecule has 0 saturated carbocycles. The van der Waals surface area contributed by atoms with Crippen LogP contribution in [0.25, 0.3) is 11.5 Å². The lowest BCUT2D eigenvalue weighted by molar-refractivity contribution is 0.192. The van der Waals surface area contributed by atoms with E-state index in [0.29, 0.717) is 29.7 Å². The molecule has 3 heterocycles. The fourth-order valence-electron chi connectivity index (χ4n) is 1.86. The largest absolute Gasteiger partial charge is 0.383 e. The van der Waals surface area contributed by atoms with Gasteiger partial charge in [0.1, 0.15) is 11.4 Å². The minimum absolute atomic E-state index is 0.227. The van der Waals surface area contributed by atoms with Crippen LogP contribution in [0.5, 0.6) is 0 Å². The van der Waals surface area contributed by atoms with E-state index in [4.69, 9.17) is 15.0 Å².